The highest BCUT2D eigenvalue weighted by Gasteiger charge is 2.41. The number of amides is 1. The van der Waals surface area contributed by atoms with Crippen molar-refractivity contribution in [3.8, 4) is 0 Å². The lowest BCUT2D eigenvalue weighted by Gasteiger charge is -2.46. The summed E-state index contributed by atoms with van der Waals surface area (Å²) in [5, 5.41) is 13.2. The van der Waals surface area contributed by atoms with Gasteiger partial charge in [-0.25, -0.2) is 0 Å². The Balaban J connectivity index is 1.65. The highest BCUT2D eigenvalue weighted by Crippen LogP contribution is 2.25. The number of β-amino-alcohol motifs (C(OH)–C–C–N with tert-alkyl or cyclic N) is 1. The fraction of sp³-hybridized carbons (Fsp3) is 0.923. The van der Waals surface area contributed by atoms with Gasteiger partial charge in [-0.05, 0) is 44.7 Å². The minimum Gasteiger partial charge on any atom is -0.386 e. The average molecular weight is 240 g/mol. The first-order chi connectivity index (χ1) is 8.13. The molecule has 2 saturated heterocycles. The Morgan fingerprint density at radius 2 is 2.29 bits per heavy atom. The molecule has 0 spiro atoms. The van der Waals surface area contributed by atoms with Gasteiger partial charge in [0.15, 0.2) is 0 Å². The number of carbonyl (C=O) groups is 1. The molecule has 98 valence electrons. The number of carbonyl (C=O) groups excluding carboxylic acids is 1. The Kier molecular flexibility index (Phi) is 4.05. The summed E-state index contributed by atoms with van der Waals surface area (Å²) < 4.78 is 0. The van der Waals surface area contributed by atoms with Gasteiger partial charge in [-0.1, -0.05) is 6.92 Å². The zero-order valence-electron chi connectivity index (χ0n) is 10.7. The van der Waals surface area contributed by atoms with Gasteiger partial charge in [-0.2, -0.15) is 0 Å². The number of nitrogens with one attached hydrogen (secondary N) is 1. The van der Waals surface area contributed by atoms with E-state index in [-0.39, 0.29) is 5.91 Å². The van der Waals surface area contributed by atoms with Gasteiger partial charge >= 0.3 is 0 Å². The Labute approximate surface area is 103 Å². The van der Waals surface area contributed by atoms with E-state index < -0.39 is 5.60 Å². The summed E-state index contributed by atoms with van der Waals surface area (Å²) in [6.45, 7) is 5.22. The van der Waals surface area contributed by atoms with Crippen molar-refractivity contribution < 1.29 is 9.90 Å². The van der Waals surface area contributed by atoms with E-state index >= 15 is 0 Å². The van der Waals surface area contributed by atoms with Gasteiger partial charge in [0.1, 0.15) is 0 Å². The van der Waals surface area contributed by atoms with Crippen molar-refractivity contribution in [2.45, 2.75) is 44.6 Å². The second-order valence-corrected chi connectivity index (χ2v) is 5.58. The molecule has 2 fully saturated rings. The molecule has 2 heterocycles. The molecule has 1 amide bonds. The highest BCUT2D eigenvalue weighted by molar-refractivity contribution is 5.77. The summed E-state index contributed by atoms with van der Waals surface area (Å²) in [6, 6.07) is 0. The molecule has 0 bridgehead atoms. The monoisotopic (exact) mass is 240 g/mol. The molecule has 4 heteroatoms. The first-order valence-corrected chi connectivity index (χ1v) is 6.84. The molecule has 0 saturated carbocycles. The first kappa shape index (κ1) is 12.8. The molecule has 17 heavy (non-hydrogen) atoms. The molecule has 2 aliphatic heterocycles. The van der Waals surface area contributed by atoms with Gasteiger partial charge in [0.25, 0.3) is 0 Å². The smallest absolute Gasteiger partial charge is 0.222 e. The Hall–Kier alpha value is -0.610. The minimum absolute atomic E-state index is 0.216. The van der Waals surface area contributed by atoms with E-state index in [9.17, 15) is 9.90 Å². The maximum atomic E-state index is 11.9. The molecular formula is C13H24N2O2. The Morgan fingerprint density at radius 1 is 1.53 bits per heavy atom. The third kappa shape index (κ3) is 3.19. The lowest BCUT2D eigenvalue weighted by molar-refractivity contribution is -0.156. The molecule has 2 N–H and O–H groups in total. The van der Waals surface area contributed by atoms with Crippen LogP contribution < -0.4 is 5.32 Å². The second-order valence-electron chi connectivity index (χ2n) is 5.58. The lowest BCUT2D eigenvalue weighted by atomic mass is 9.90. The summed E-state index contributed by atoms with van der Waals surface area (Å²) in [4.78, 5) is 13.7. The van der Waals surface area contributed by atoms with Crippen LogP contribution >= 0.6 is 0 Å². The summed E-state index contributed by atoms with van der Waals surface area (Å²) in [6.07, 6.45) is 4.86. The van der Waals surface area contributed by atoms with Crippen LogP contribution in [-0.4, -0.2) is 47.7 Å². The van der Waals surface area contributed by atoms with Crippen LogP contribution in [0.3, 0.4) is 0 Å². The predicted octanol–water partition coefficient (Wildman–Crippen LogP) is 0.749. The van der Waals surface area contributed by atoms with Crippen LogP contribution in [0.1, 0.15) is 39.0 Å². The van der Waals surface area contributed by atoms with Crippen LogP contribution in [0.4, 0.5) is 0 Å². The van der Waals surface area contributed by atoms with Gasteiger partial charge in [0, 0.05) is 6.42 Å². The fourth-order valence-electron chi connectivity index (χ4n) is 2.72. The van der Waals surface area contributed by atoms with E-state index in [1.807, 2.05) is 6.92 Å². The van der Waals surface area contributed by atoms with E-state index in [1.165, 1.54) is 12.8 Å². The predicted molar refractivity (Wildman–Crippen MR) is 66.6 cm³/mol. The number of hydrogen-bond acceptors (Lipinski definition) is 3. The Morgan fingerprint density at radius 3 is 2.88 bits per heavy atom. The molecule has 1 atom stereocenters. The van der Waals surface area contributed by atoms with E-state index in [0.717, 1.165) is 25.9 Å². The zero-order valence-corrected chi connectivity index (χ0v) is 10.7. The van der Waals surface area contributed by atoms with Crippen LogP contribution in [-0.2, 0) is 4.79 Å². The number of piperidine rings is 1. The maximum absolute atomic E-state index is 11.9. The van der Waals surface area contributed by atoms with Gasteiger partial charge in [0.2, 0.25) is 5.91 Å². The Bertz CT molecular complexity index is 269. The highest BCUT2D eigenvalue weighted by atomic mass is 16.3. The number of likely N-dealkylation sites (tertiary alicyclic amines) is 1. The quantitative estimate of drug-likeness (QED) is 0.762. The zero-order chi connectivity index (χ0) is 12.3. The average Bonchev–Trinajstić information content (AvgIpc) is 2.33. The molecule has 0 aromatic heterocycles. The second kappa shape index (κ2) is 5.36. The van der Waals surface area contributed by atoms with Crippen molar-refractivity contribution in [2.75, 3.05) is 26.2 Å². The molecule has 0 aromatic carbocycles. The normalized spacial score (nSPS) is 27.6. The van der Waals surface area contributed by atoms with E-state index in [2.05, 4.69) is 5.32 Å². The van der Waals surface area contributed by atoms with Gasteiger partial charge in [-0.15, -0.1) is 0 Å². The summed E-state index contributed by atoms with van der Waals surface area (Å²) in [5.74, 6) is 0.882. The molecule has 1 unspecified atom stereocenters. The molecule has 0 aliphatic carbocycles. The summed E-state index contributed by atoms with van der Waals surface area (Å²) in [7, 11) is 0. The van der Waals surface area contributed by atoms with Crippen LogP contribution in [0, 0.1) is 5.92 Å². The molecule has 2 aliphatic rings. The molecule has 2 rings (SSSR count). The van der Waals surface area contributed by atoms with Gasteiger partial charge < -0.3 is 15.3 Å². The van der Waals surface area contributed by atoms with Crippen molar-refractivity contribution in [2.24, 2.45) is 5.92 Å². The van der Waals surface area contributed by atoms with Gasteiger partial charge in [-0.3, -0.25) is 4.79 Å². The number of aliphatic hydroxyl groups is 1. The van der Waals surface area contributed by atoms with Gasteiger partial charge in [0.05, 0.1) is 18.7 Å². The maximum Gasteiger partial charge on any atom is 0.222 e. The van der Waals surface area contributed by atoms with E-state index in [0.29, 0.717) is 25.4 Å². The third-order valence-electron chi connectivity index (χ3n) is 4.15. The number of hydrogen-bond donors (Lipinski definition) is 2. The molecule has 4 nitrogen and oxygen atoms in total. The first-order valence-electron chi connectivity index (χ1n) is 6.84. The minimum atomic E-state index is -0.595. The largest absolute Gasteiger partial charge is 0.386 e. The summed E-state index contributed by atoms with van der Waals surface area (Å²) in [5.41, 5.74) is -0.595. The number of nitrogens with zero attached hydrogens (tertiary/aromatic N) is 1. The van der Waals surface area contributed by atoms with Crippen molar-refractivity contribution in [3.05, 3.63) is 0 Å². The van der Waals surface area contributed by atoms with Crippen LogP contribution in [0.2, 0.25) is 0 Å². The van der Waals surface area contributed by atoms with Crippen LogP contribution in [0.5, 0.6) is 0 Å². The van der Waals surface area contributed by atoms with Crippen molar-refractivity contribution in [3.63, 3.8) is 0 Å². The van der Waals surface area contributed by atoms with Crippen molar-refractivity contribution in [1.82, 2.24) is 10.2 Å². The fourth-order valence-corrected chi connectivity index (χ4v) is 2.72. The van der Waals surface area contributed by atoms with E-state index in [1.54, 1.807) is 4.90 Å². The standard InChI is InChI=1S/C13H24N2O2/c1-2-13(17)9-15(10-13)12(16)6-5-11-4-3-7-14-8-11/h11,14,17H,2-10H2,1H3. The third-order valence-corrected chi connectivity index (χ3v) is 4.15. The molecule has 0 radical (unpaired) electrons. The van der Waals surface area contributed by atoms with Crippen molar-refractivity contribution in [1.29, 1.82) is 0 Å². The summed E-state index contributed by atoms with van der Waals surface area (Å²) >= 11 is 0. The van der Waals surface area contributed by atoms with Crippen molar-refractivity contribution >= 4 is 5.91 Å². The van der Waals surface area contributed by atoms with E-state index in [4.69, 9.17) is 0 Å². The van der Waals surface area contributed by atoms with Crippen LogP contribution in [0.15, 0.2) is 0 Å². The molecular weight excluding hydrogens is 216 g/mol. The van der Waals surface area contributed by atoms with Crippen LogP contribution in [0.25, 0.3) is 0 Å². The topological polar surface area (TPSA) is 52.6 Å². The SMILES string of the molecule is CCC1(O)CN(C(=O)CCC2CCCNC2)C1. The lowest BCUT2D eigenvalue weighted by Crippen LogP contribution is -2.63. The number of rotatable bonds is 4. The molecule has 0 aromatic rings.